The lowest BCUT2D eigenvalue weighted by molar-refractivity contribution is -0.129. The number of hydrogen-bond acceptors (Lipinski definition) is 6. The van der Waals surface area contributed by atoms with Crippen molar-refractivity contribution in [2.45, 2.75) is 37.2 Å². The van der Waals surface area contributed by atoms with Gasteiger partial charge in [-0.05, 0) is 25.5 Å². The summed E-state index contributed by atoms with van der Waals surface area (Å²) in [5.41, 5.74) is 0. The van der Waals surface area contributed by atoms with Crippen molar-refractivity contribution in [3.05, 3.63) is 42.0 Å². The summed E-state index contributed by atoms with van der Waals surface area (Å²) in [6, 6.07) is 7.83. The van der Waals surface area contributed by atoms with Crippen molar-refractivity contribution in [1.29, 1.82) is 0 Å². The Bertz CT molecular complexity index is 819. The second-order valence-electron chi connectivity index (χ2n) is 5.42. The molecule has 2 aromatic rings. The molecule has 128 valence electrons. The van der Waals surface area contributed by atoms with Crippen LogP contribution in [0, 0.1) is 0 Å². The third kappa shape index (κ3) is 3.31. The molecule has 0 spiro atoms. The molecule has 3 rings (SSSR count). The number of nitrogens with one attached hydrogen (secondary N) is 1. The number of hydrogen-bond donors (Lipinski definition) is 1. The van der Waals surface area contributed by atoms with Crippen LogP contribution in [0.25, 0.3) is 0 Å². The first kappa shape index (κ1) is 16.6. The van der Waals surface area contributed by atoms with Crippen LogP contribution >= 0.6 is 0 Å². The van der Waals surface area contributed by atoms with Gasteiger partial charge in [0.1, 0.15) is 6.04 Å². The highest BCUT2D eigenvalue weighted by molar-refractivity contribution is 7.89. The Hall–Kier alpha value is -2.26. The zero-order chi connectivity index (χ0) is 17.2. The summed E-state index contributed by atoms with van der Waals surface area (Å²) >= 11 is 0. The lowest BCUT2D eigenvalue weighted by Gasteiger charge is -2.19. The van der Waals surface area contributed by atoms with Crippen molar-refractivity contribution in [3.63, 3.8) is 0 Å². The van der Waals surface area contributed by atoms with Crippen LogP contribution in [0.3, 0.4) is 0 Å². The fourth-order valence-corrected chi connectivity index (χ4v) is 3.71. The first-order valence-electron chi connectivity index (χ1n) is 7.68. The lowest BCUT2D eigenvalue weighted by atomic mass is 10.2. The van der Waals surface area contributed by atoms with Gasteiger partial charge < -0.3 is 9.42 Å². The number of benzene rings is 1. The highest BCUT2D eigenvalue weighted by Gasteiger charge is 2.34. The van der Waals surface area contributed by atoms with E-state index in [1.807, 2.05) is 6.92 Å². The zero-order valence-electron chi connectivity index (χ0n) is 13.2. The largest absolute Gasteiger partial charge is 0.337 e. The van der Waals surface area contributed by atoms with Crippen LogP contribution < -0.4 is 4.72 Å². The van der Waals surface area contributed by atoms with Crippen LogP contribution in [0.15, 0.2) is 39.8 Å². The van der Waals surface area contributed by atoms with Crippen LogP contribution in [0.4, 0.5) is 0 Å². The van der Waals surface area contributed by atoms with E-state index in [0.29, 0.717) is 25.3 Å². The van der Waals surface area contributed by atoms with E-state index in [1.54, 1.807) is 23.1 Å². The number of carbonyl (C=O) groups excluding carboxylic acids is 1. The standard InChI is InChI=1S/C15H18N4O4S/c1-2-19-12(8-9-14(19)20)15-17-13(18-23-15)10-16-24(21,22)11-6-4-3-5-7-11/h3-7,12,16H,2,8-10H2,1H3/t12-/m0/s1. The van der Waals surface area contributed by atoms with Crippen LogP contribution in [0.5, 0.6) is 0 Å². The van der Waals surface area contributed by atoms with Gasteiger partial charge in [0.2, 0.25) is 21.8 Å². The highest BCUT2D eigenvalue weighted by atomic mass is 32.2. The quantitative estimate of drug-likeness (QED) is 0.840. The predicted molar refractivity (Wildman–Crippen MR) is 84.1 cm³/mol. The van der Waals surface area contributed by atoms with Gasteiger partial charge in [0.15, 0.2) is 5.82 Å². The van der Waals surface area contributed by atoms with Crippen molar-refractivity contribution >= 4 is 15.9 Å². The molecule has 1 aliphatic heterocycles. The van der Waals surface area contributed by atoms with E-state index >= 15 is 0 Å². The van der Waals surface area contributed by atoms with Gasteiger partial charge in [-0.15, -0.1) is 0 Å². The molecule has 1 atom stereocenters. The van der Waals surface area contributed by atoms with E-state index in [9.17, 15) is 13.2 Å². The average Bonchev–Trinajstić information content (AvgIpc) is 3.20. The number of aromatic nitrogens is 2. The Balaban J connectivity index is 1.68. The summed E-state index contributed by atoms with van der Waals surface area (Å²) in [6.07, 6.45) is 1.08. The molecule has 1 saturated heterocycles. The average molecular weight is 350 g/mol. The molecule has 1 aromatic carbocycles. The van der Waals surface area contributed by atoms with E-state index < -0.39 is 10.0 Å². The topological polar surface area (TPSA) is 105 Å². The van der Waals surface area contributed by atoms with E-state index in [4.69, 9.17) is 4.52 Å². The molecule has 0 unspecified atom stereocenters. The fourth-order valence-electron chi connectivity index (χ4n) is 2.70. The molecule has 0 bridgehead atoms. The van der Waals surface area contributed by atoms with Gasteiger partial charge in [0.05, 0.1) is 11.4 Å². The summed E-state index contributed by atoms with van der Waals surface area (Å²) < 4.78 is 32.0. The summed E-state index contributed by atoms with van der Waals surface area (Å²) in [4.78, 5) is 17.8. The molecular formula is C15H18N4O4S. The minimum absolute atomic E-state index is 0.0621. The van der Waals surface area contributed by atoms with Crippen molar-refractivity contribution < 1.29 is 17.7 Å². The van der Waals surface area contributed by atoms with E-state index in [0.717, 1.165) is 0 Å². The summed E-state index contributed by atoms with van der Waals surface area (Å²) in [6.45, 7) is 2.39. The van der Waals surface area contributed by atoms with Gasteiger partial charge in [0.25, 0.3) is 0 Å². The number of carbonyl (C=O) groups is 1. The predicted octanol–water partition coefficient (Wildman–Crippen LogP) is 1.23. The van der Waals surface area contributed by atoms with Gasteiger partial charge in [-0.3, -0.25) is 4.79 Å². The normalized spacial score (nSPS) is 18.3. The molecule has 0 aliphatic carbocycles. The lowest BCUT2D eigenvalue weighted by Crippen LogP contribution is -2.27. The number of sulfonamides is 1. The second-order valence-corrected chi connectivity index (χ2v) is 7.19. The molecular weight excluding hydrogens is 332 g/mol. The van der Waals surface area contributed by atoms with E-state index in [-0.39, 0.29) is 29.2 Å². The van der Waals surface area contributed by atoms with Gasteiger partial charge in [-0.2, -0.15) is 4.98 Å². The third-order valence-electron chi connectivity index (χ3n) is 3.91. The van der Waals surface area contributed by atoms with Gasteiger partial charge >= 0.3 is 0 Å². The molecule has 1 aliphatic rings. The maximum atomic E-state index is 12.2. The Morgan fingerprint density at radius 2 is 2.08 bits per heavy atom. The Kier molecular flexibility index (Phi) is 4.63. The zero-order valence-corrected chi connectivity index (χ0v) is 14.0. The number of rotatable bonds is 6. The third-order valence-corrected chi connectivity index (χ3v) is 5.33. The van der Waals surface area contributed by atoms with Crippen LogP contribution in [0.1, 0.15) is 37.5 Å². The van der Waals surface area contributed by atoms with Crippen LogP contribution in [0.2, 0.25) is 0 Å². The summed E-state index contributed by atoms with van der Waals surface area (Å²) in [5.74, 6) is 0.642. The number of amides is 1. The van der Waals surface area contributed by atoms with Gasteiger partial charge in [-0.1, -0.05) is 23.4 Å². The first-order chi connectivity index (χ1) is 11.5. The second kappa shape index (κ2) is 6.70. The molecule has 24 heavy (non-hydrogen) atoms. The molecule has 2 heterocycles. The maximum absolute atomic E-state index is 12.2. The van der Waals surface area contributed by atoms with Crippen LogP contribution in [-0.2, 0) is 21.4 Å². The van der Waals surface area contributed by atoms with E-state index in [1.165, 1.54) is 12.1 Å². The molecule has 0 saturated carbocycles. The van der Waals surface area contributed by atoms with Crippen LogP contribution in [-0.4, -0.2) is 35.9 Å². The molecule has 8 nitrogen and oxygen atoms in total. The Labute approximate surface area is 139 Å². The van der Waals surface area contributed by atoms with Crippen molar-refractivity contribution in [2.75, 3.05) is 6.54 Å². The fraction of sp³-hybridized carbons (Fsp3) is 0.400. The first-order valence-corrected chi connectivity index (χ1v) is 9.16. The smallest absolute Gasteiger partial charge is 0.249 e. The monoisotopic (exact) mass is 350 g/mol. The number of nitrogens with zero attached hydrogens (tertiary/aromatic N) is 3. The highest BCUT2D eigenvalue weighted by Crippen LogP contribution is 2.31. The minimum Gasteiger partial charge on any atom is -0.337 e. The molecule has 1 fully saturated rings. The molecule has 1 aromatic heterocycles. The van der Waals surface area contributed by atoms with Crippen molar-refractivity contribution in [3.8, 4) is 0 Å². The van der Waals surface area contributed by atoms with Gasteiger partial charge in [-0.25, -0.2) is 13.1 Å². The molecule has 1 amide bonds. The maximum Gasteiger partial charge on any atom is 0.249 e. The molecule has 9 heteroatoms. The Morgan fingerprint density at radius 3 is 2.79 bits per heavy atom. The molecule has 0 radical (unpaired) electrons. The minimum atomic E-state index is -3.63. The summed E-state index contributed by atoms with van der Waals surface area (Å²) in [5, 5.41) is 3.80. The van der Waals surface area contributed by atoms with Crippen molar-refractivity contribution in [1.82, 2.24) is 19.8 Å². The number of likely N-dealkylation sites (tertiary alicyclic amines) is 1. The van der Waals surface area contributed by atoms with E-state index in [2.05, 4.69) is 14.9 Å². The van der Waals surface area contributed by atoms with Crippen molar-refractivity contribution in [2.24, 2.45) is 0 Å². The SMILES string of the molecule is CCN1C(=O)CC[C@H]1c1nc(CNS(=O)(=O)c2ccccc2)no1. The molecule has 1 N–H and O–H groups in total. The Morgan fingerprint density at radius 1 is 1.33 bits per heavy atom. The van der Waals surface area contributed by atoms with Gasteiger partial charge in [0, 0.05) is 13.0 Å². The summed E-state index contributed by atoms with van der Waals surface area (Å²) in [7, 11) is -3.63.